The summed E-state index contributed by atoms with van der Waals surface area (Å²) in [4.78, 5) is 14.5. The lowest BCUT2D eigenvalue weighted by atomic mass is 9.94. The van der Waals surface area contributed by atoms with Gasteiger partial charge in [0.05, 0.1) is 6.04 Å². The SMILES string of the molecule is CCCC(N)C(=O)NCC(C)(C)N1CCc2ccccc2C1. The molecule has 0 aromatic heterocycles. The summed E-state index contributed by atoms with van der Waals surface area (Å²) in [7, 11) is 0. The fourth-order valence-electron chi connectivity index (χ4n) is 3.00. The summed E-state index contributed by atoms with van der Waals surface area (Å²) in [6, 6.07) is 8.23. The molecular formula is C18H29N3O. The Morgan fingerprint density at radius 1 is 1.36 bits per heavy atom. The topological polar surface area (TPSA) is 58.4 Å². The minimum Gasteiger partial charge on any atom is -0.353 e. The minimum atomic E-state index is -0.386. The zero-order valence-corrected chi connectivity index (χ0v) is 14.1. The molecule has 4 heteroatoms. The molecule has 1 aromatic carbocycles. The molecule has 0 aliphatic carbocycles. The molecule has 0 fully saturated rings. The second-order valence-electron chi connectivity index (χ2n) is 6.87. The van der Waals surface area contributed by atoms with Gasteiger partial charge >= 0.3 is 0 Å². The number of benzene rings is 1. The largest absolute Gasteiger partial charge is 0.353 e. The van der Waals surface area contributed by atoms with Crippen LogP contribution in [0.3, 0.4) is 0 Å². The summed E-state index contributed by atoms with van der Waals surface area (Å²) in [5.41, 5.74) is 8.65. The quantitative estimate of drug-likeness (QED) is 0.846. The van der Waals surface area contributed by atoms with Crippen molar-refractivity contribution in [2.24, 2.45) is 5.73 Å². The van der Waals surface area contributed by atoms with E-state index in [1.54, 1.807) is 0 Å². The van der Waals surface area contributed by atoms with E-state index in [1.807, 2.05) is 6.92 Å². The predicted octanol–water partition coefficient (Wildman–Crippen LogP) is 2.07. The number of nitrogens with one attached hydrogen (secondary N) is 1. The van der Waals surface area contributed by atoms with Crippen LogP contribution in [0.4, 0.5) is 0 Å². The van der Waals surface area contributed by atoms with Crippen molar-refractivity contribution in [2.45, 2.75) is 58.2 Å². The van der Waals surface area contributed by atoms with Gasteiger partial charge in [-0.1, -0.05) is 37.6 Å². The third-order valence-electron chi connectivity index (χ3n) is 4.62. The second kappa shape index (κ2) is 7.25. The molecule has 22 heavy (non-hydrogen) atoms. The van der Waals surface area contributed by atoms with Crippen molar-refractivity contribution in [3.05, 3.63) is 35.4 Å². The Morgan fingerprint density at radius 2 is 2.05 bits per heavy atom. The maximum atomic E-state index is 12.0. The van der Waals surface area contributed by atoms with Crippen molar-refractivity contribution in [2.75, 3.05) is 13.1 Å². The van der Waals surface area contributed by atoms with Gasteiger partial charge in [0.15, 0.2) is 0 Å². The fourth-order valence-corrected chi connectivity index (χ4v) is 3.00. The number of carbonyl (C=O) groups is 1. The van der Waals surface area contributed by atoms with E-state index in [1.165, 1.54) is 11.1 Å². The molecule has 1 aliphatic rings. The minimum absolute atomic E-state index is 0.0349. The summed E-state index contributed by atoms with van der Waals surface area (Å²) >= 11 is 0. The molecular weight excluding hydrogens is 274 g/mol. The van der Waals surface area contributed by atoms with Crippen LogP contribution >= 0.6 is 0 Å². The van der Waals surface area contributed by atoms with Crippen LogP contribution in [-0.2, 0) is 17.8 Å². The summed E-state index contributed by atoms with van der Waals surface area (Å²) in [6.07, 6.45) is 2.74. The molecule has 0 saturated carbocycles. The highest BCUT2D eigenvalue weighted by atomic mass is 16.2. The molecule has 4 nitrogen and oxygen atoms in total. The van der Waals surface area contributed by atoms with E-state index < -0.39 is 0 Å². The van der Waals surface area contributed by atoms with Crippen LogP contribution in [0.2, 0.25) is 0 Å². The van der Waals surface area contributed by atoms with Gasteiger partial charge in [0.1, 0.15) is 0 Å². The summed E-state index contributed by atoms with van der Waals surface area (Å²) in [6.45, 7) is 9.02. The standard InChI is InChI=1S/C18H29N3O/c1-4-7-16(19)17(22)20-13-18(2,3)21-11-10-14-8-5-6-9-15(14)12-21/h5-6,8-9,16H,4,7,10-13,19H2,1-3H3,(H,20,22). The average molecular weight is 303 g/mol. The lowest BCUT2D eigenvalue weighted by Crippen LogP contribution is -2.54. The van der Waals surface area contributed by atoms with E-state index in [0.29, 0.717) is 6.54 Å². The van der Waals surface area contributed by atoms with Gasteiger partial charge in [0.2, 0.25) is 5.91 Å². The maximum absolute atomic E-state index is 12.0. The highest BCUT2D eigenvalue weighted by Crippen LogP contribution is 2.24. The molecule has 1 amide bonds. The molecule has 0 radical (unpaired) electrons. The van der Waals surface area contributed by atoms with Gasteiger partial charge in [-0.15, -0.1) is 0 Å². The Kier molecular flexibility index (Phi) is 5.59. The molecule has 0 bridgehead atoms. The predicted molar refractivity (Wildman–Crippen MR) is 90.5 cm³/mol. The summed E-state index contributed by atoms with van der Waals surface area (Å²) in [5.74, 6) is -0.0349. The highest BCUT2D eigenvalue weighted by Gasteiger charge is 2.30. The van der Waals surface area contributed by atoms with Gasteiger partial charge in [-0.3, -0.25) is 9.69 Å². The molecule has 0 saturated heterocycles. The van der Waals surface area contributed by atoms with Crippen LogP contribution in [0.25, 0.3) is 0 Å². The Labute approximate surface area is 134 Å². The number of fused-ring (bicyclic) bond motifs is 1. The van der Waals surface area contributed by atoms with Crippen molar-refractivity contribution >= 4 is 5.91 Å². The molecule has 3 N–H and O–H groups in total. The lowest BCUT2D eigenvalue weighted by molar-refractivity contribution is -0.123. The number of nitrogens with two attached hydrogens (primary N) is 1. The first-order chi connectivity index (χ1) is 10.4. The smallest absolute Gasteiger partial charge is 0.236 e. The first kappa shape index (κ1) is 17.0. The maximum Gasteiger partial charge on any atom is 0.236 e. The van der Waals surface area contributed by atoms with Crippen LogP contribution in [0, 0.1) is 0 Å². The molecule has 1 unspecified atom stereocenters. The third-order valence-corrected chi connectivity index (χ3v) is 4.62. The van der Waals surface area contributed by atoms with E-state index >= 15 is 0 Å². The number of hydrogen-bond acceptors (Lipinski definition) is 3. The first-order valence-corrected chi connectivity index (χ1v) is 8.29. The van der Waals surface area contributed by atoms with Crippen LogP contribution in [0.5, 0.6) is 0 Å². The Hall–Kier alpha value is -1.39. The van der Waals surface area contributed by atoms with Crippen molar-refractivity contribution in [1.82, 2.24) is 10.2 Å². The lowest BCUT2D eigenvalue weighted by Gasteiger charge is -2.41. The van der Waals surface area contributed by atoms with Crippen LogP contribution in [-0.4, -0.2) is 35.5 Å². The number of hydrogen-bond donors (Lipinski definition) is 2. The van der Waals surface area contributed by atoms with Crippen molar-refractivity contribution in [3.63, 3.8) is 0 Å². The van der Waals surface area contributed by atoms with Crippen molar-refractivity contribution in [1.29, 1.82) is 0 Å². The highest BCUT2D eigenvalue weighted by molar-refractivity contribution is 5.81. The Balaban J connectivity index is 1.92. The van der Waals surface area contributed by atoms with Gasteiger partial charge < -0.3 is 11.1 Å². The number of nitrogens with zero attached hydrogens (tertiary/aromatic N) is 1. The zero-order chi connectivity index (χ0) is 16.2. The van der Waals surface area contributed by atoms with Gasteiger partial charge in [-0.2, -0.15) is 0 Å². The summed E-state index contributed by atoms with van der Waals surface area (Å²) in [5, 5.41) is 3.02. The van der Waals surface area contributed by atoms with E-state index in [9.17, 15) is 4.79 Å². The molecule has 1 atom stereocenters. The van der Waals surface area contributed by atoms with E-state index in [0.717, 1.165) is 32.4 Å². The van der Waals surface area contributed by atoms with Gasteiger partial charge in [-0.05, 0) is 37.8 Å². The van der Waals surface area contributed by atoms with Gasteiger partial charge in [-0.25, -0.2) is 0 Å². The number of amides is 1. The second-order valence-corrected chi connectivity index (χ2v) is 6.87. The van der Waals surface area contributed by atoms with Crippen LogP contribution < -0.4 is 11.1 Å². The van der Waals surface area contributed by atoms with Gasteiger partial charge in [0.25, 0.3) is 0 Å². The van der Waals surface area contributed by atoms with Crippen LogP contribution in [0.15, 0.2) is 24.3 Å². The molecule has 1 aliphatic heterocycles. The molecule has 1 heterocycles. The zero-order valence-electron chi connectivity index (χ0n) is 14.1. The van der Waals surface area contributed by atoms with E-state index in [-0.39, 0.29) is 17.5 Å². The number of rotatable bonds is 6. The average Bonchev–Trinajstić information content (AvgIpc) is 2.52. The van der Waals surface area contributed by atoms with E-state index in [4.69, 9.17) is 5.73 Å². The molecule has 2 rings (SSSR count). The Bertz CT molecular complexity index is 513. The Morgan fingerprint density at radius 3 is 2.73 bits per heavy atom. The third kappa shape index (κ3) is 4.08. The van der Waals surface area contributed by atoms with Crippen LogP contribution in [0.1, 0.15) is 44.7 Å². The van der Waals surface area contributed by atoms with Gasteiger partial charge in [0, 0.05) is 25.2 Å². The fraction of sp³-hybridized carbons (Fsp3) is 0.611. The number of carbonyl (C=O) groups excluding carboxylic acids is 1. The summed E-state index contributed by atoms with van der Waals surface area (Å²) < 4.78 is 0. The monoisotopic (exact) mass is 303 g/mol. The molecule has 122 valence electrons. The first-order valence-electron chi connectivity index (χ1n) is 8.29. The normalized spacial score (nSPS) is 16.9. The molecule has 1 aromatic rings. The van der Waals surface area contributed by atoms with Crippen molar-refractivity contribution in [3.8, 4) is 0 Å². The molecule has 0 spiro atoms. The van der Waals surface area contributed by atoms with Crippen molar-refractivity contribution < 1.29 is 4.79 Å². The van der Waals surface area contributed by atoms with E-state index in [2.05, 4.69) is 48.3 Å².